The smallest absolute Gasteiger partial charge is 0.125 e. The van der Waals surface area contributed by atoms with E-state index in [4.69, 9.17) is 5.73 Å². The van der Waals surface area contributed by atoms with Gasteiger partial charge in [0.1, 0.15) is 5.82 Å². The zero-order valence-corrected chi connectivity index (χ0v) is 12.3. The fraction of sp³-hybridized carbons (Fsp3) is 0.200. The predicted octanol–water partition coefficient (Wildman–Crippen LogP) is 4.13. The van der Waals surface area contributed by atoms with Gasteiger partial charge in [-0.3, -0.25) is 0 Å². The highest BCUT2D eigenvalue weighted by molar-refractivity contribution is 9.10. The van der Waals surface area contributed by atoms with Gasteiger partial charge in [0.05, 0.1) is 11.4 Å². The Morgan fingerprint density at radius 2 is 2.00 bits per heavy atom. The van der Waals surface area contributed by atoms with Crippen molar-refractivity contribution in [3.63, 3.8) is 0 Å². The number of hydrogen-bond donors (Lipinski definition) is 2. The van der Waals surface area contributed by atoms with Crippen LogP contribution in [-0.4, -0.2) is 6.54 Å². The third kappa shape index (κ3) is 3.70. The molecule has 0 aromatic heterocycles. The number of halogens is 2. The van der Waals surface area contributed by atoms with Gasteiger partial charge >= 0.3 is 0 Å². The number of nitrogen functional groups attached to an aromatic ring is 1. The summed E-state index contributed by atoms with van der Waals surface area (Å²) in [5, 5.41) is 3.17. The minimum absolute atomic E-state index is 0.282. The van der Waals surface area contributed by atoms with Crippen LogP contribution in [0.5, 0.6) is 0 Å². The summed E-state index contributed by atoms with van der Waals surface area (Å²) in [5.74, 6) is -0.282. The quantitative estimate of drug-likeness (QED) is 0.830. The standard InChI is InChI=1S/C15H16BrFN2/c1-10-2-3-12(16)8-11(10)6-7-19-15-9-13(17)4-5-14(15)18/h2-5,8-9,19H,6-7,18H2,1H3. The van der Waals surface area contributed by atoms with Crippen LogP contribution in [0.1, 0.15) is 11.1 Å². The molecule has 0 saturated carbocycles. The Kier molecular flexibility index (Phi) is 4.43. The molecule has 0 unspecified atom stereocenters. The van der Waals surface area contributed by atoms with Crippen molar-refractivity contribution in [2.45, 2.75) is 13.3 Å². The Morgan fingerprint density at radius 3 is 2.79 bits per heavy atom. The molecule has 0 aliphatic carbocycles. The summed E-state index contributed by atoms with van der Waals surface area (Å²) in [6, 6.07) is 10.6. The van der Waals surface area contributed by atoms with Gasteiger partial charge in [-0.05, 0) is 54.8 Å². The van der Waals surface area contributed by atoms with Crippen LogP contribution in [0.15, 0.2) is 40.9 Å². The van der Waals surface area contributed by atoms with E-state index >= 15 is 0 Å². The molecule has 0 atom stereocenters. The number of aryl methyl sites for hydroxylation is 1. The van der Waals surface area contributed by atoms with Crippen molar-refractivity contribution in [3.05, 3.63) is 57.8 Å². The van der Waals surface area contributed by atoms with E-state index in [-0.39, 0.29) is 5.82 Å². The summed E-state index contributed by atoms with van der Waals surface area (Å²) in [6.07, 6.45) is 0.862. The second kappa shape index (κ2) is 6.06. The normalized spacial score (nSPS) is 10.5. The summed E-state index contributed by atoms with van der Waals surface area (Å²) in [7, 11) is 0. The highest BCUT2D eigenvalue weighted by atomic mass is 79.9. The van der Waals surface area contributed by atoms with Gasteiger partial charge in [-0.15, -0.1) is 0 Å². The van der Waals surface area contributed by atoms with E-state index in [1.54, 1.807) is 6.07 Å². The molecule has 2 aromatic carbocycles. The molecule has 0 amide bonds. The first kappa shape index (κ1) is 13.9. The van der Waals surface area contributed by atoms with Crippen LogP contribution in [0.3, 0.4) is 0 Å². The Labute approximate surface area is 121 Å². The molecule has 0 spiro atoms. The van der Waals surface area contributed by atoms with E-state index in [0.29, 0.717) is 17.9 Å². The van der Waals surface area contributed by atoms with Crippen LogP contribution < -0.4 is 11.1 Å². The van der Waals surface area contributed by atoms with Gasteiger partial charge in [0, 0.05) is 11.0 Å². The van der Waals surface area contributed by atoms with Gasteiger partial charge in [-0.25, -0.2) is 4.39 Å². The molecular formula is C15H16BrFN2. The third-order valence-electron chi connectivity index (χ3n) is 3.04. The first-order valence-electron chi connectivity index (χ1n) is 6.10. The Balaban J connectivity index is 2.00. The fourth-order valence-corrected chi connectivity index (χ4v) is 2.33. The number of anilines is 2. The highest BCUT2D eigenvalue weighted by Crippen LogP contribution is 2.20. The van der Waals surface area contributed by atoms with Crippen molar-refractivity contribution in [1.29, 1.82) is 0 Å². The molecule has 0 radical (unpaired) electrons. The predicted molar refractivity (Wildman–Crippen MR) is 81.9 cm³/mol. The van der Waals surface area contributed by atoms with Crippen molar-refractivity contribution in [3.8, 4) is 0 Å². The summed E-state index contributed by atoms with van der Waals surface area (Å²) < 4.78 is 14.2. The average molecular weight is 323 g/mol. The van der Waals surface area contributed by atoms with E-state index < -0.39 is 0 Å². The number of nitrogens with one attached hydrogen (secondary N) is 1. The van der Waals surface area contributed by atoms with E-state index in [0.717, 1.165) is 10.9 Å². The van der Waals surface area contributed by atoms with Gasteiger partial charge in [-0.1, -0.05) is 22.0 Å². The van der Waals surface area contributed by atoms with E-state index in [1.807, 2.05) is 6.07 Å². The number of nitrogens with two attached hydrogens (primary N) is 1. The maximum Gasteiger partial charge on any atom is 0.125 e. The first-order chi connectivity index (χ1) is 9.06. The summed E-state index contributed by atoms with van der Waals surface area (Å²) in [6.45, 7) is 2.79. The monoisotopic (exact) mass is 322 g/mol. The SMILES string of the molecule is Cc1ccc(Br)cc1CCNc1cc(F)ccc1N. The van der Waals surface area contributed by atoms with Crippen molar-refractivity contribution in [2.75, 3.05) is 17.6 Å². The summed E-state index contributed by atoms with van der Waals surface area (Å²) in [4.78, 5) is 0. The van der Waals surface area contributed by atoms with Gasteiger partial charge in [0.2, 0.25) is 0 Å². The minimum atomic E-state index is -0.282. The lowest BCUT2D eigenvalue weighted by atomic mass is 10.1. The second-order valence-corrected chi connectivity index (χ2v) is 5.39. The van der Waals surface area contributed by atoms with Crippen LogP contribution in [-0.2, 0) is 6.42 Å². The molecule has 3 N–H and O–H groups in total. The maximum absolute atomic E-state index is 13.1. The van der Waals surface area contributed by atoms with Crippen LogP contribution in [0.25, 0.3) is 0 Å². The van der Waals surface area contributed by atoms with Crippen LogP contribution in [0.4, 0.5) is 15.8 Å². The third-order valence-corrected chi connectivity index (χ3v) is 3.53. The summed E-state index contributed by atoms with van der Waals surface area (Å²) in [5.41, 5.74) is 9.50. The van der Waals surface area contributed by atoms with Crippen molar-refractivity contribution < 1.29 is 4.39 Å². The molecule has 100 valence electrons. The lowest BCUT2D eigenvalue weighted by Crippen LogP contribution is -2.08. The van der Waals surface area contributed by atoms with Gasteiger partial charge < -0.3 is 11.1 Å². The van der Waals surface area contributed by atoms with Crippen molar-refractivity contribution in [1.82, 2.24) is 0 Å². The molecule has 4 heteroatoms. The van der Waals surface area contributed by atoms with E-state index in [9.17, 15) is 4.39 Å². The molecule has 2 nitrogen and oxygen atoms in total. The molecular weight excluding hydrogens is 307 g/mol. The first-order valence-corrected chi connectivity index (χ1v) is 6.89. The van der Waals surface area contributed by atoms with Crippen LogP contribution >= 0.6 is 15.9 Å². The Morgan fingerprint density at radius 1 is 1.21 bits per heavy atom. The van der Waals surface area contributed by atoms with Crippen molar-refractivity contribution in [2.24, 2.45) is 0 Å². The molecule has 0 bridgehead atoms. The molecule has 0 heterocycles. The molecule has 0 aliphatic heterocycles. The molecule has 2 aromatic rings. The topological polar surface area (TPSA) is 38.0 Å². The highest BCUT2D eigenvalue weighted by Gasteiger charge is 2.02. The average Bonchev–Trinajstić information content (AvgIpc) is 2.38. The fourth-order valence-electron chi connectivity index (χ4n) is 1.92. The maximum atomic E-state index is 13.1. The number of hydrogen-bond acceptors (Lipinski definition) is 2. The second-order valence-electron chi connectivity index (χ2n) is 4.48. The van der Waals surface area contributed by atoms with E-state index in [1.165, 1.54) is 23.3 Å². The molecule has 19 heavy (non-hydrogen) atoms. The molecule has 0 fully saturated rings. The number of rotatable bonds is 4. The largest absolute Gasteiger partial charge is 0.397 e. The lowest BCUT2D eigenvalue weighted by molar-refractivity contribution is 0.628. The van der Waals surface area contributed by atoms with Crippen molar-refractivity contribution >= 4 is 27.3 Å². The molecule has 0 aliphatic rings. The van der Waals surface area contributed by atoms with Gasteiger partial charge in [0.15, 0.2) is 0 Å². The van der Waals surface area contributed by atoms with Crippen LogP contribution in [0, 0.1) is 12.7 Å². The van der Waals surface area contributed by atoms with Gasteiger partial charge in [-0.2, -0.15) is 0 Å². The Hall–Kier alpha value is -1.55. The number of benzene rings is 2. The van der Waals surface area contributed by atoms with E-state index in [2.05, 4.69) is 40.3 Å². The minimum Gasteiger partial charge on any atom is -0.397 e. The zero-order chi connectivity index (χ0) is 13.8. The summed E-state index contributed by atoms with van der Waals surface area (Å²) >= 11 is 3.46. The van der Waals surface area contributed by atoms with Crippen LogP contribution in [0.2, 0.25) is 0 Å². The molecule has 0 saturated heterocycles. The molecule has 2 rings (SSSR count). The Bertz CT molecular complexity index is 533. The zero-order valence-electron chi connectivity index (χ0n) is 10.7. The lowest BCUT2D eigenvalue weighted by Gasteiger charge is -2.11. The van der Waals surface area contributed by atoms with Gasteiger partial charge in [0.25, 0.3) is 0 Å².